The Bertz CT molecular complexity index is 543. The Morgan fingerprint density at radius 3 is 2.61 bits per heavy atom. The van der Waals surface area contributed by atoms with Crippen molar-refractivity contribution in [2.24, 2.45) is 0 Å². The summed E-state index contributed by atoms with van der Waals surface area (Å²) in [7, 11) is 1.56. The fraction of sp³-hybridized carbons (Fsp3) is 0.143. The molecule has 0 aliphatic heterocycles. The summed E-state index contributed by atoms with van der Waals surface area (Å²) in [6, 6.07) is 11.4. The van der Waals surface area contributed by atoms with E-state index in [0.717, 1.165) is 11.8 Å². The predicted molar refractivity (Wildman–Crippen MR) is 66.7 cm³/mol. The molecule has 2 aromatic carbocycles. The number of methoxy groups -OCH3 is 1. The molecule has 18 heavy (non-hydrogen) atoms. The molecule has 0 spiro atoms. The van der Waals surface area contributed by atoms with Crippen LogP contribution >= 0.6 is 0 Å². The van der Waals surface area contributed by atoms with Gasteiger partial charge in [-0.2, -0.15) is 0 Å². The molecule has 2 nitrogen and oxygen atoms in total. The van der Waals surface area contributed by atoms with Gasteiger partial charge in [-0.3, -0.25) is 0 Å². The number of hydrogen-bond acceptors (Lipinski definition) is 2. The Balaban J connectivity index is 2.14. The van der Waals surface area contributed by atoms with E-state index in [4.69, 9.17) is 4.74 Å². The van der Waals surface area contributed by atoms with Crippen LogP contribution in [-0.4, -0.2) is 7.11 Å². The van der Waals surface area contributed by atoms with E-state index in [-0.39, 0.29) is 12.1 Å². The van der Waals surface area contributed by atoms with E-state index in [9.17, 15) is 8.78 Å². The summed E-state index contributed by atoms with van der Waals surface area (Å²) >= 11 is 0. The van der Waals surface area contributed by atoms with Crippen molar-refractivity contribution in [3.05, 3.63) is 59.7 Å². The predicted octanol–water partition coefficient (Wildman–Crippen LogP) is 3.59. The van der Waals surface area contributed by atoms with E-state index < -0.39 is 11.6 Å². The molecule has 1 N–H and O–H groups in total. The van der Waals surface area contributed by atoms with Crippen LogP contribution in [0.25, 0.3) is 0 Å². The van der Waals surface area contributed by atoms with Crippen LogP contribution in [-0.2, 0) is 6.54 Å². The van der Waals surface area contributed by atoms with Crippen molar-refractivity contribution in [2.75, 3.05) is 12.4 Å². The molecular weight excluding hydrogens is 236 g/mol. The smallest absolute Gasteiger partial charge is 0.163 e. The molecule has 0 saturated carbocycles. The highest BCUT2D eigenvalue weighted by atomic mass is 19.2. The standard InChI is InChI=1S/C14H13F2NO/c1-18-13-8-3-2-7-12(13)17-9-10-5-4-6-11(15)14(10)16/h2-8,17H,9H2,1H3. The molecule has 0 unspecified atom stereocenters. The molecule has 0 aliphatic rings. The minimum Gasteiger partial charge on any atom is -0.495 e. The van der Waals surface area contributed by atoms with Gasteiger partial charge in [-0.05, 0) is 18.2 Å². The fourth-order valence-electron chi connectivity index (χ4n) is 1.67. The summed E-state index contributed by atoms with van der Waals surface area (Å²) in [4.78, 5) is 0. The first-order valence-corrected chi connectivity index (χ1v) is 5.52. The molecule has 0 saturated heterocycles. The number of para-hydroxylation sites is 2. The molecule has 0 fully saturated rings. The third-order valence-electron chi connectivity index (χ3n) is 2.61. The van der Waals surface area contributed by atoms with Crippen LogP contribution in [0.2, 0.25) is 0 Å². The Morgan fingerprint density at radius 1 is 1.06 bits per heavy atom. The lowest BCUT2D eigenvalue weighted by molar-refractivity contribution is 0.416. The van der Waals surface area contributed by atoms with Crippen LogP contribution in [0.5, 0.6) is 5.75 Å². The maximum absolute atomic E-state index is 13.4. The zero-order chi connectivity index (χ0) is 13.0. The summed E-state index contributed by atoms with van der Waals surface area (Å²) in [5, 5.41) is 3.02. The first-order chi connectivity index (χ1) is 8.72. The van der Waals surface area contributed by atoms with Gasteiger partial charge in [0.15, 0.2) is 11.6 Å². The van der Waals surface area contributed by atoms with E-state index in [2.05, 4.69) is 5.32 Å². The third kappa shape index (κ3) is 2.59. The Kier molecular flexibility index (Phi) is 3.77. The number of hydrogen-bond donors (Lipinski definition) is 1. The summed E-state index contributed by atoms with van der Waals surface area (Å²) in [6.07, 6.45) is 0. The molecule has 2 rings (SSSR count). The Labute approximate surface area is 104 Å². The zero-order valence-electron chi connectivity index (χ0n) is 9.91. The van der Waals surface area contributed by atoms with Gasteiger partial charge in [0.2, 0.25) is 0 Å². The molecule has 0 heterocycles. The van der Waals surface area contributed by atoms with Gasteiger partial charge in [-0.1, -0.05) is 24.3 Å². The average Bonchev–Trinajstić information content (AvgIpc) is 2.41. The summed E-state index contributed by atoms with van der Waals surface area (Å²) in [5.74, 6) is -0.997. The lowest BCUT2D eigenvalue weighted by Gasteiger charge is -2.11. The average molecular weight is 249 g/mol. The molecule has 94 valence electrons. The van der Waals surface area contributed by atoms with Crippen molar-refractivity contribution < 1.29 is 13.5 Å². The first-order valence-electron chi connectivity index (χ1n) is 5.52. The lowest BCUT2D eigenvalue weighted by Crippen LogP contribution is -2.04. The number of anilines is 1. The molecule has 2 aromatic rings. The Hall–Kier alpha value is -2.10. The highest BCUT2D eigenvalue weighted by molar-refractivity contribution is 5.56. The summed E-state index contributed by atoms with van der Waals surface area (Å²) in [5.41, 5.74) is 1.02. The van der Waals surface area contributed by atoms with Crippen molar-refractivity contribution in [1.82, 2.24) is 0 Å². The number of ether oxygens (including phenoxy) is 1. The van der Waals surface area contributed by atoms with Crippen molar-refractivity contribution in [1.29, 1.82) is 0 Å². The highest BCUT2D eigenvalue weighted by Gasteiger charge is 2.08. The van der Waals surface area contributed by atoms with Crippen molar-refractivity contribution in [3.8, 4) is 5.75 Å². The third-order valence-corrected chi connectivity index (χ3v) is 2.61. The van der Waals surface area contributed by atoms with Gasteiger partial charge in [0, 0.05) is 12.1 Å². The van der Waals surface area contributed by atoms with Gasteiger partial charge in [-0.15, -0.1) is 0 Å². The van der Waals surface area contributed by atoms with Crippen LogP contribution in [0.4, 0.5) is 14.5 Å². The summed E-state index contributed by atoms with van der Waals surface area (Å²) < 4.78 is 31.6. The van der Waals surface area contributed by atoms with E-state index in [1.165, 1.54) is 6.07 Å². The van der Waals surface area contributed by atoms with Gasteiger partial charge in [0.1, 0.15) is 5.75 Å². The topological polar surface area (TPSA) is 21.3 Å². The van der Waals surface area contributed by atoms with Crippen LogP contribution in [0.15, 0.2) is 42.5 Å². The quantitative estimate of drug-likeness (QED) is 0.894. The van der Waals surface area contributed by atoms with Crippen LogP contribution < -0.4 is 10.1 Å². The van der Waals surface area contributed by atoms with E-state index in [0.29, 0.717) is 5.75 Å². The molecule has 0 bridgehead atoms. The number of halogens is 2. The van der Waals surface area contributed by atoms with Crippen LogP contribution in [0.3, 0.4) is 0 Å². The molecule has 0 aromatic heterocycles. The minimum absolute atomic E-state index is 0.198. The molecule has 0 aliphatic carbocycles. The van der Waals surface area contributed by atoms with Gasteiger partial charge >= 0.3 is 0 Å². The first kappa shape index (κ1) is 12.4. The van der Waals surface area contributed by atoms with Gasteiger partial charge < -0.3 is 10.1 Å². The highest BCUT2D eigenvalue weighted by Crippen LogP contribution is 2.24. The zero-order valence-corrected chi connectivity index (χ0v) is 9.91. The van der Waals surface area contributed by atoms with Crippen molar-refractivity contribution in [2.45, 2.75) is 6.54 Å². The minimum atomic E-state index is -0.839. The van der Waals surface area contributed by atoms with E-state index >= 15 is 0 Å². The largest absolute Gasteiger partial charge is 0.495 e. The van der Waals surface area contributed by atoms with Crippen molar-refractivity contribution >= 4 is 5.69 Å². The van der Waals surface area contributed by atoms with Crippen LogP contribution in [0.1, 0.15) is 5.56 Å². The Morgan fingerprint density at radius 2 is 1.83 bits per heavy atom. The second kappa shape index (κ2) is 5.49. The van der Waals surface area contributed by atoms with E-state index in [1.54, 1.807) is 19.2 Å². The lowest BCUT2D eigenvalue weighted by atomic mass is 10.2. The maximum Gasteiger partial charge on any atom is 0.163 e. The second-order valence-electron chi connectivity index (χ2n) is 3.77. The van der Waals surface area contributed by atoms with Gasteiger partial charge in [-0.25, -0.2) is 8.78 Å². The van der Waals surface area contributed by atoms with E-state index in [1.807, 2.05) is 18.2 Å². The molecular formula is C14H13F2NO. The van der Waals surface area contributed by atoms with Crippen molar-refractivity contribution in [3.63, 3.8) is 0 Å². The van der Waals surface area contributed by atoms with Crippen LogP contribution in [0, 0.1) is 11.6 Å². The molecule has 0 radical (unpaired) electrons. The molecule has 0 atom stereocenters. The number of benzene rings is 2. The molecule has 4 heteroatoms. The monoisotopic (exact) mass is 249 g/mol. The summed E-state index contributed by atoms with van der Waals surface area (Å²) in [6.45, 7) is 0.198. The fourth-order valence-corrected chi connectivity index (χ4v) is 1.67. The van der Waals surface area contributed by atoms with Gasteiger partial charge in [0.25, 0.3) is 0 Å². The van der Waals surface area contributed by atoms with Gasteiger partial charge in [0.05, 0.1) is 12.8 Å². The number of rotatable bonds is 4. The molecule has 0 amide bonds. The maximum atomic E-state index is 13.4. The second-order valence-corrected chi connectivity index (χ2v) is 3.77. The SMILES string of the molecule is COc1ccccc1NCc1cccc(F)c1F. The normalized spacial score (nSPS) is 10.2. The number of nitrogens with one attached hydrogen (secondary N) is 1.